The third kappa shape index (κ3) is 4.01. The summed E-state index contributed by atoms with van der Waals surface area (Å²) >= 11 is 1.41. The number of morpholine rings is 1. The molecule has 2 fully saturated rings. The summed E-state index contributed by atoms with van der Waals surface area (Å²) in [5, 5.41) is 14.7. The van der Waals surface area contributed by atoms with E-state index >= 15 is 0 Å². The molecule has 0 amide bonds. The lowest BCUT2D eigenvalue weighted by molar-refractivity contribution is -0.0385. The fourth-order valence-electron chi connectivity index (χ4n) is 4.64. The van der Waals surface area contributed by atoms with E-state index in [0.29, 0.717) is 13.2 Å². The molecule has 3 aromatic heterocycles. The van der Waals surface area contributed by atoms with Gasteiger partial charge in [-0.15, -0.1) is 0 Å². The predicted octanol–water partition coefficient (Wildman–Crippen LogP) is 4.59. The number of rotatable bonds is 4. The molecule has 0 bridgehead atoms. The van der Waals surface area contributed by atoms with Gasteiger partial charge >= 0.3 is 0 Å². The zero-order valence-electron chi connectivity index (χ0n) is 19.7. The highest BCUT2D eigenvalue weighted by Gasteiger charge is 2.31. The van der Waals surface area contributed by atoms with Crippen molar-refractivity contribution in [3.63, 3.8) is 0 Å². The molecule has 8 nitrogen and oxygen atoms in total. The summed E-state index contributed by atoms with van der Waals surface area (Å²) in [4.78, 5) is 7.39. The van der Waals surface area contributed by atoms with Gasteiger partial charge in [0, 0.05) is 13.2 Å². The Morgan fingerprint density at radius 3 is 2.82 bits per heavy atom. The van der Waals surface area contributed by atoms with E-state index in [2.05, 4.69) is 30.0 Å². The van der Waals surface area contributed by atoms with Crippen LogP contribution in [-0.2, 0) is 14.9 Å². The molecule has 9 heteroatoms. The molecule has 33 heavy (non-hydrogen) atoms. The van der Waals surface area contributed by atoms with Gasteiger partial charge in [0.25, 0.3) is 0 Å². The Labute approximate surface area is 198 Å². The molecular formula is C24H30N6O2S. The number of nitriles is 1. The van der Waals surface area contributed by atoms with Crippen molar-refractivity contribution >= 4 is 27.6 Å². The highest BCUT2D eigenvalue weighted by Crippen LogP contribution is 2.40. The Bertz CT molecular complexity index is 1200. The zero-order chi connectivity index (χ0) is 23.2. The van der Waals surface area contributed by atoms with Crippen LogP contribution in [0.15, 0.2) is 12.1 Å². The summed E-state index contributed by atoms with van der Waals surface area (Å²) in [6.45, 7) is 10.9. The maximum atomic E-state index is 9.95. The van der Waals surface area contributed by atoms with Crippen LogP contribution in [0.3, 0.4) is 0 Å². The molecule has 5 heterocycles. The fourth-order valence-corrected chi connectivity index (χ4v) is 5.65. The van der Waals surface area contributed by atoms with Crippen LogP contribution in [0, 0.1) is 18.3 Å². The summed E-state index contributed by atoms with van der Waals surface area (Å²) in [5.41, 5.74) is 3.78. The van der Waals surface area contributed by atoms with Gasteiger partial charge in [0.15, 0.2) is 6.23 Å². The van der Waals surface area contributed by atoms with Crippen molar-refractivity contribution in [2.24, 2.45) is 0 Å². The number of anilines is 1. The second-order valence-corrected chi connectivity index (χ2v) is 10.3. The van der Waals surface area contributed by atoms with Gasteiger partial charge in [-0.05, 0) is 76.2 Å². The molecule has 2 aliphatic heterocycles. The van der Waals surface area contributed by atoms with Gasteiger partial charge in [-0.25, -0.2) is 9.67 Å². The Balaban J connectivity index is 1.70. The summed E-state index contributed by atoms with van der Waals surface area (Å²) < 4.78 is 19.5. The van der Waals surface area contributed by atoms with Crippen molar-refractivity contribution < 1.29 is 9.47 Å². The molecule has 0 N–H and O–H groups in total. The first kappa shape index (κ1) is 22.3. The molecule has 174 valence electrons. The van der Waals surface area contributed by atoms with E-state index in [-0.39, 0.29) is 12.3 Å². The number of ether oxygens (including phenoxy) is 2. The maximum Gasteiger partial charge on any atom is 0.150 e. The minimum absolute atomic E-state index is 0.0864. The van der Waals surface area contributed by atoms with Gasteiger partial charge in [-0.1, -0.05) is 0 Å². The molecule has 2 saturated heterocycles. The number of nitrogens with zero attached hydrogens (tertiary/aromatic N) is 6. The standard InChI is InChI=1S/C24H30N6O2S/c1-15-11-18(30(27-15)20-7-5-6-9-32-20)21-22-23(33-28-21)17(24(3,4)14-25)12-19(26-22)29-8-10-31-13-16(29)2/h11-12,16,20H,5-10,13H2,1-4H3/t16-,20?/m1/s1. The van der Waals surface area contributed by atoms with Gasteiger partial charge in [0.1, 0.15) is 17.0 Å². The molecule has 2 aliphatic rings. The zero-order valence-corrected chi connectivity index (χ0v) is 20.5. The van der Waals surface area contributed by atoms with Gasteiger partial charge < -0.3 is 14.4 Å². The van der Waals surface area contributed by atoms with E-state index < -0.39 is 5.41 Å². The number of hydrogen-bond acceptors (Lipinski definition) is 8. The molecule has 0 aliphatic carbocycles. The van der Waals surface area contributed by atoms with E-state index in [1.54, 1.807) is 0 Å². The largest absolute Gasteiger partial charge is 0.377 e. The lowest BCUT2D eigenvalue weighted by atomic mass is 9.86. The molecule has 3 aromatic rings. The van der Waals surface area contributed by atoms with Crippen LogP contribution in [-0.4, -0.2) is 51.5 Å². The second kappa shape index (κ2) is 8.67. The number of fused-ring (bicyclic) bond motifs is 1. The first-order valence-corrected chi connectivity index (χ1v) is 12.4. The first-order valence-electron chi connectivity index (χ1n) is 11.6. The van der Waals surface area contributed by atoms with Crippen LogP contribution in [0.1, 0.15) is 57.5 Å². The Kier molecular flexibility index (Phi) is 5.85. The van der Waals surface area contributed by atoms with Crippen molar-refractivity contribution in [3.8, 4) is 17.5 Å². The predicted molar refractivity (Wildman–Crippen MR) is 128 cm³/mol. The summed E-state index contributed by atoms with van der Waals surface area (Å²) in [6, 6.07) is 6.82. The van der Waals surface area contributed by atoms with E-state index in [1.807, 2.05) is 25.5 Å². The van der Waals surface area contributed by atoms with E-state index in [1.165, 1.54) is 11.5 Å². The van der Waals surface area contributed by atoms with Crippen LogP contribution < -0.4 is 4.90 Å². The van der Waals surface area contributed by atoms with Crippen molar-refractivity contribution in [1.29, 1.82) is 5.26 Å². The molecule has 1 unspecified atom stereocenters. The first-order chi connectivity index (χ1) is 15.9. The van der Waals surface area contributed by atoms with E-state index in [4.69, 9.17) is 23.9 Å². The number of hydrogen-bond donors (Lipinski definition) is 0. The van der Waals surface area contributed by atoms with Crippen LogP contribution in [0.4, 0.5) is 5.82 Å². The number of aryl methyl sites for hydroxylation is 1. The number of pyridine rings is 1. The highest BCUT2D eigenvalue weighted by molar-refractivity contribution is 7.13. The summed E-state index contributed by atoms with van der Waals surface area (Å²) in [7, 11) is 0. The molecular weight excluding hydrogens is 436 g/mol. The average Bonchev–Trinajstić information content (AvgIpc) is 3.42. The molecule has 0 radical (unpaired) electrons. The van der Waals surface area contributed by atoms with Crippen LogP contribution in [0.2, 0.25) is 0 Å². The SMILES string of the molecule is Cc1cc(-c2nsc3c(C(C)(C)C#N)cc(N4CCOC[C@H]4C)nc23)n(C2CCCCO2)n1. The highest BCUT2D eigenvalue weighted by atomic mass is 32.1. The monoisotopic (exact) mass is 466 g/mol. The molecule has 2 atom stereocenters. The van der Waals surface area contributed by atoms with Crippen LogP contribution in [0.5, 0.6) is 0 Å². The average molecular weight is 467 g/mol. The fraction of sp³-hybridized carbons (Fsp3) is 0.583. The molecule has 0 spiro atoms. The molecule has 5 rings (SSSR count). The summed E-state index contributed by atoms with van der Waals surface area (Å²) in [5.74, 6) is 0.870. The minimum Gasteiger partial charge on any atom is -0.377 e. The minimum atomic E-state index is -0.669. The van der Waals surface area contributed by atoms with Crippen molar-refractivity contribution in [2.75, 3.05) is 31.3 Å². The van der Waals surface area contributed by atoms with E-state index in [9.17, 15) is 5.26 Å². The van der Waals surface area contributed by atoms with Crippen molar-refractivity contribution in [2.45, 2.75) is 64.6 Å². The Hall–Kier alpha value is -2.54. The van der Waals surface area contributed by atoms with E-state index in [0.717, 1.165) is 71.1 Å². The summed E-state index contributed by atoms with van der Waals surface area (Å²) in [6.07, 6.45) is 3.06. The topological polar surface area (TPSA) is 89.1 Å². The Morgan fingerprint density at radius 2 is 2.09 bits per heavy atom. The van der Waals surface area contributed by atoms with Crippen LogP contribution in [0.25, 0.3) is 21.6 Å². The smallest absolute Gasteiger partial charge is 0.150 e. The third-order valence-electron chi connectivity index (χ3n) is 6.56. The van der Waals surface area contributed by atoms with Gasteiger partial charge in [0.2, 0.25) is 0 Å². The normalized spacial score (nSPS) is 22.0. The lowest BCUT2D eigenvalue weighted by Gasteiger charge is -2.35. The lowest BCUT2D eigenvalue weighted by Crippen LogP contribution is -2.44. The van der Waals surface area contributed by atoms with Gasteiger partial charge in [0.05, 0.1) is 46.8 Å². The second-order valence-electron chi connectivity index (χ2n) is 9.53. The third-order valence-corrected chi connectivity index (χ3v) is 7.43. The van der Waals surface area contributed by atoms with Gasteiger partial charge in [-0.2, -0.15) is 14.7 Å². The van der Waals surface area contributed by atoms with Crippen LogP contribution >= 0.6 is 11.5 Å². The molecule has 0 aromatic carbocycles. The van der Waals surface area contributed by atoms with Crippen molar-refractivity contribution in [3.05, 3.63) is 23.4 Å². The van der Waals surface area contributed by atoms with Gasteiger partial charge in [-0.3, -0.25) is 0 Å². The quantitative estimate of drug-likeness (QED) is 0.556. The maximum absolute atomic E-state index is 9.95. The Morgan fingerprint density at radius 1 is 1.24 bits per heavy atom. The number of aromatic nitrogens is 4. The molecule has 0 saturated carbocycles. The van der Waals surface area contributed by atoms with Crippen molar-refractivity contribution in [1.82, 2.24) is 19.1 Å².